The molecule has 0 aliphatic heterocycles. The van der Waals surface area contributed by atoms with Crippen LogP contribution in [0.2, 0.25) is 0 Å². The molecule has 0 aliphatic rings. The first kappa shape index (κ1) is 11.7. The molecular weight excluding hydrogens is 172 g/mol. The molecule has 0 saturated carbocycles. The van der Waals surface area contributed by atoms with Gasteiger partial charge in [0.15, 0.2) is 0 Å². The van der Waals surface area contributed by atoms with E-state index in [2.05, 4.69) is 6.92 Å². The van der Waals surface area contributed by atoms with Gasteiger partial charge in [-0.15, -0.1) is 0 Å². The Labute approximate surface area is 82.8 Å². The van der Waals surface area contributed by atoms with E-state index in [1.807, 2.05) is 0 Å². The standard InChI is InChI=1S/C9H19O.Ti/c1-2-3-4-5-6-7-8-9-10;/h2-9H2,1H3;/q-1;+1. The summed E-state index contributed by atoms with van der Waals surface area (Å²) in [5.74, 6) is 0. The van der Waals surface area contributed by atoms with Crippen LogP contribution < -0.4 is 0 Å². The molecule has 0 N–H and O–H groups in total. The monoisotopic (exact) mass is 191 g/mol. The predicted molar refractivity (Wildman–Crippen MR) is 43.9 cm³/mol. The van der Waals surface area contributed by atoms with Gasteiger partial charge in [-0.25, -0.2) is 0 Å². The maximum absolute atomic E-state index is 4.97. The molecule has 0 aliphatic carbocycles. The van der Waals surface area contributed by atoms with Crippen molar-refractivity contribution in [1.29, 1.82) is 0 Å². The van der Waals surface area contributed by atoms with Crippen molar-refractivity contribution in [3.8, 4) is 0 Å². The van der Waals surface area contributed by atoms with E-state index in [4.69, 9.17) is 3.32 Å². The molecule has 0 radical (unpaired) electrons. The van der Waals surface area contributed by atoms with Gasteiger partial charge < -0.3 is 0 Å². The zero-order valence-electron chi connectivity index (χ0n) is 7.57. The summed E-state index contributed by atoms with van der Waals surface area (Å²) in [7, 11) is 0. The van der Waals surface area contributed by atoms with Gasteiger partial charge in [-0.2, -0.15) is 0 Å². The van der Waals surface area contributed by atoms with Crippen molar-refractivity contribution >= 4 is 0 Å². The van der Waals surface area contributed by atoms with Crippen molar-refractivity contribution < 1.29 is 24.1 Å². The topological polar surface area (TPSA) is 9.23 Å². The minimum atomic E-state index is 0.938. The molecular formula is C9H19OTi. The molecule has 0 spiro atoms. The molecule has 0 bridgehead atoms. The van der Waals surface area contributed by atoms with E-state index in [1.54, 1.807) is 20.8 Å². The summed E-state index contributed by atoms with van der Waals surface area (Å²) in [6, 6.07) is 0. The number of unbranched alkanes of at least 4 members (excludes halogenated alkanes) is 6. The fourth-order valence-electron chi connectivity index (χ4n) is 1.13. The molecule has 0 unspecified atom stereocenters. The molecule has 0 aromatic rings. The van der Waals surface area contributed by atoms with Crippen molar-refractivity contribution in [3.05, 3.63) is 0 Å². The Bertz CT molecular complexity index is 58.6. The van der Waals surface area contributed by atoms with Crippen LogP contribution in [-0.2, 0) is 24.1 Å². The number of hydrogen-bond donors (Lipinski definition) is 0. The normalized spacial score (nSPS) is 10.2. The van der Waals surface area contributed by atoms with Crippen LogP contribution >= 0.6 is 0 Å². The van der Waals surface area contributed by atoms with Gasteiger partial charge in [-0.1, -0.05) is 0 Å². The molecule has 0 fully saturated rings. The summed E-state index contributed by atoms with van der Waals surface area (Å²) in [6.45, 7) is 3.19. The van der Waals surface area contributed by atoms with Crippen LogP contribution in [0.4, 0.5) is 0 Å². The van der Waals surface area contributed by atoms with E-state index < -0.39 is 0 Å². The SMILES string of the molecule is CCCCCCCCC[O][Ti]. The third kappa shape index (κ3) is 10.7. The van der Waals surface area contributed by atoms with Gasteiger partial charge >= 0.3 is 82.6 Å². The predicted octanol–water partition coefficient (Wildman–Crippen LogP) is 3.22. The van der Waals surface area contributed by atoms with Crippen LogP contribution in [0.15, 0.2) is 0 Å². The molecule has 0 saturated heterocycles. The van der Waals surface area contributed by atoms with Crippen LogP contribution in [0.3, 0.4) is 0 Å². The third-order valence-corrected chi connectivity index (χ3v) is 2.17. The van der Waals surface area contributed by atoms with Gasteiger partial charge in [-0.3, -0.25) is 0 Å². The van der Waals surface area contributed by atoms with Crippen molar-refractivity contribution in [2.75, 3.05) is 6.61 Å². The fourth-order valence-corrected chi connectivity index (χ4v) is 1.36. The Balaban J connectivity index is 2.69. The average molecular weight is 191 g/mol. The Kier molecular flexibility index (Phi) is 11.3. The minimum absolute atomic E-state index is 0.938. The molecule has 0 rings (SSSR count). The quantitative estimate of drug-likeness (QED) is 0.422. The van der Waals surface area contributed by atoms with Crippen molar-refractivity contribution in [1.82, 2.24) is 0 Å². The van der Waals surface area contributed by atoms with E-state index in [0.717, 1.165) is 6.61 Å². The first-order valence-electron chi connectivity index (χ1n) is 4.70. The molecule has 1 nitrogen and oxygen atoms in total. The van der Waals surface area contributed by atoms with E-state index in [1.165, 1.54) is 44.9 Å². The Morgan fingerprint density at radius 3 is 2.00 bits per heavy atom. The number of rotatable bonds is 8. The summed E-state index contributed by atoms with van der Waals surface area (Å²) >= 11 is 1.77. The first-order valence-corrected chi connectivity index (χ1v) is 5.34. The van der Waals surface area contributed by atoms with Gasteiger partial charge in [0.25, 0.3) is 0 Å². The summed E-state index contributed by atoms with van der Waals surface area (Å²) < 4.78 is 4.97. The third-order valence-electron chi connectivity index (χ3n) is 1.85. The molecule has 0 amide bonds. The van der Waals surface area contributed by atoms with Crippen molar-refractivity contribution in [2.24, 2.45) is 0 Å². The number of hydrogen-bond acceptors (Lipinski definition) is 1. The van der Waals surface area contributed by atoms with E-state index in [0.29, 0.717) is 0 Å². The van der Waals surface area contributed by atoms with E-state index >= 15 is 0 Å². The summed E-state index contributed by atoms with van der Waals surface area (Å²) in [6.07, 6.45) is 9.56. The van der Waals surface area contributed by atoms with Crippen LogP contribution in [0.1, 0.15) is 51.9 Å². The Hall–Kier alpha value is 0.674. The van der Waals surface area contributed by atoms with Gasteiger partial charge in [0, 0.05) is 0 Å². The molecule has 0 atom stereocenters. The summed E-state index contributed by atoms with van der Waals surface area (Å²) in [5.41, 5.74) is 0. The van der Waals surface area contributed by atoms with Gasteiger partial charge in [-0.05, 0) is 0 Å². The molecule has 65 valence electrons. The zero-order chi connectivity index (χ0) is 8.36. The summed E-state index contributed by atoms with van der Waals surface area (Å²) in [4.78, 5) is 0. The molecule has 0 aromatic carbocycles. The van der Waals surface area contributed by atoms with Gasteiger partial charge in [0.2, 0.25) is 0 Å². The molecule has 0 heterocycles. The zero-order valence-corrected chi connectivity index (χ0v) is 9.13. The second kappa shape index (κ2) is 10.7. The second-order valence-electron chi connectivity index (χ2n) is 2.97. The van der Waals surface area contributed by atoms with Gasteiger partial charge in [0.05, 0.1) is 0 Å². The van der Waals surface area contributed by atoms with Crippen LogP contribution in [0, 0.1) is 0 Å². The summed E-state index contributed by atoms with van der Waals surface area (Å²) in [5, 5.41) is 0. The second-order valence-corrected chi connectivity index (χ2v) is 3.42. The Morgan fingerprint density at radius 1 is 0.909 bits per heavy atom. The van der Waals surface area contributed by atoms with E-state index in [-0.39, 0.29) is 0 Å². The van der Waals surface area contributed by atoms with Crippen LogP contribution in [-0.4, -0.2) is 6.61 Å². The van der Waals surface area contributed by atoms with Crippen LogP contribution in [0.5, 0.6) is 0 Å². The van der Waals surface area contributed by atoms with E-state index in [9.17, 15) is 0 Å². The first-order chi connectivity index (χ1) is 5.41. The molecule has 2 heteroatoms. The van der Waals surface area contributed by atoms with Crippen molar-refractivity contribution in [3.63, 3.8) is 0 Å². The molecule has 0 aromatic heterocycles. The maximum atomic E-state index is 4.97. The van der Waals surface area contributed by atoms with Crippen molar-refractivity contribution in [2.45, 2.75) is 51.9 Å². The van der Waals surface area contributed by atoms with Crippen LogP contribution in [0.25, 0.3) is 0 Å². The average Bonchev–Trinajstić information content (AvgIpc) is 2.03. The van der Waals surface area contributed by atoms with Gasteiger partial charge in [0.1, 0.15) is 0 Å². The fraction of sp³-hybridized carbons (Fsp3) is 1.00. The molecule has 11 heavy (non-hydrogen) atoms. The Morgan fingerprint density at radius 2 is 1.45 bits per heavy atom.